The van der Waals surface area contributed by atoms with E-state index in [0.717, 1.165) is 24.1 Å². The number of aromatic nitrogens is 2. The maximum atomic E-state index is 10.2. The van der Waals surface area contributed by atoms with E-state index in [9.17, 15) is 5.11 Å². The van der Waals surface area contributed by atoms with Crippen LogP contribution in [0.2, 0.25) is 0 Å². The summed E-state index contributed by atoms with van der Waals surface area (Å²) in [5.74, 6) is 0.443. The largest absolute Gasteiger partial charge is 0.387 e. The van der Waals surface area contributed by atoms with E-state index >= 15 is 0 Å². The van der Waals surface area contributed by atoms with Gasteiger partial charge in [-0.3, -0.25) is 0 Å². The Kier molecular flexibility index (Phi) is 1.99. The molecular weight excluding hydrogens is 188 g/mol. The van der Waals surface area contributed by atoms with Gasteiger partial charge in [0.2, 0.25) is 0 Å². The third-order valence-electron chi connectivity index (χ3n) is 3.38. The number of nitrogens with zero attached hydrogens (tertiary/aromatic N) is 2. The van der Waals surface area contributed by atoms with Crippen LogP contribution in [-0.2, 0) is 0 Å². The van der Waals surface area contributed by atoms with Crippen molar-refractivity contribution < 1.29 is 5.11 Å². The number of hydrogen-bond donors (Lipinski definition) is 1. The minimum absolute atomic E-state index is 0.336. The number of pyridine rings is 1. The van der Waals surface area contributed by atoms with Crippen molar-refractivity contribution in [2.75, 3.05) is 0 Å². The van der Waals surface area contributed by atoms with Crippen molar-refractivity contribution in [3.8, 4) is 0 Å². The van der Waals surface area contributed by atoms with Gasteiger partial charge in [-0.1, -0.05) is 12.5 Å². The lowest BCUT2D eigenvalue weighted by Gasteiger charge is -2.30. The highest BCUT2D eigenvalue weighted by atomic mass is 16.3. The van der Waals surface area contributed by atoms with Crippen LogP contribution in [0.5, 0.6) is 0 Å². The number of imidazole rings is 1. The molecule has 1 atom stereocenters. The minimum Gasteiger partial charge on any atom is -0.387 e. The molecule has 2 heterocycles. The van der Waals surface area contributed by atoms with Crippen LogP contribution in [0.4, 0.5) is 0 Å². The van der Waals surface area contributed by atoms with Crippen LogP contribution >= 0.6 is 0 Å². The number of hydrogen-bond acceptors (Lipinski definition) is 2. The average molecular weight is 202 g/mol. The molecule has 1 N–H and O–H groups in total. The predicted molar refractivity (Wildman–Crippen MR) is 57.5 cm³/mol. The molecule has 15 heavy (non-hydrogen) atoms. The molecule has 0 radical (unpaired) electrons. The van der Waals surface area contributed by atoms with E-state index < -0.39 is 0 Å². The van der Waals surface area contributed by atoms with Crippen molar-refractivity contribution >= 4 is 5.52 Å². The van der Waals surface area contributed by atoms with Gasteiger partial charge in [-0.25, -0.2) is 4.98 Å². The van der Waals surface area contributed by atoms with E-state index in [0.29, 0.717) is 5.92 Å². The molecule has 0 bridgehead atoms. The number of aliphatic hydroxyl groups excluding tert-OH is 1. The van der Waals surface area contributed by atoms with Crippen molar-refractivity contribution in [3.05, 3.63) is 36.4 Å². The van der Waals surface area contributed by atoms with Crippen LogP contribution in [-0.4, -0.2) is 14.5 Å². The van der Waals surface area contributed by atoms with Crippen LogP contribution < -0.4 is 0 Å². The van der Waals surface area contributed by atoms with Crippen LogP contribution in [0.25, 0.3) is 5.52 Å². The van der Waals surface area contributed by atoms with Gasteiger partial charge in [0.25, 0.3) is 0 Å². The Hall–Kier alpha value is -1.35. The zero-order valence-electron chi connectivity index (χ0n) is 8.50. The second kappa shape index (κ2) is 3.35. The van der Waals surface area contributed by atoms with E-state index in [2.05, 4.69) is 4.98 Å². The first-order chi connectivity index (χ1) is 7.36. The molecule has 0 aromatic carbocycles. The van der Waals surface area contributed by atoms with Gasteiger partial charge < -0.3 is 9.51 Å². The van der Waals surface area contributed by atoms with Crippen LogP contribution in [0, 0.1) is 5.92 Å². The van der Waals surface area contributed by atoms with Crippen molar-refractivity contribution in [2.24, 2.45) is 5.92 Å². The van der Waals surface area contributed by atoms with Crippen LogP contribution in [0.3, 0.4) is 0 Å². The highest BCUT2D eigenvalue weighted by Gasteiger charge is 2.27. The SMILES string of the molecule is OC(c1cccc2cncn12)C1CCC1. The van der Waals surface area contributed by atoms with Gasteiger partial charge in [-0.2, -0.15) is 0 Å². The Morgan fingerprint density at radius 1 is 1.40 bits per heavy atom. The summed E-state index contributed by atoms with van der Waals surface area (Å²) in [7, 11) is 0. The molecule has 1 saturated carbocycles. The highest BCUT2D eigenvalue weighted by Crippen LogP contribution is 2.37. The average Bonchev–Trinajstić information content (AvgIpc) is 2.61. The number of rotatable bonds is 2. The van der Waals surface area contributed by atoms with Crippen molar-refractivity contribution in [1.82, 2.24) is 9.38 Å². The first-order valence-electron chi connectivity index (χ1n) is 5.45. The maximum Gasteiger partial charge on any atom is 0.0995 e. The lowest BCUT2D eigenvalue weighted by Crippen LogP contribution is -2.21. The monoisotopic (exact) mass is 202 g/mol. The van der Waals surface area contributed by atoms with Crippen LogP contribution in [0.1, 0.15) is 31.1 Å². The summed E-state index contributed by atoms with van der Waals surface area (Å²) in [6.45, 7) is 0. The maximum absolute atomic E-state index is 10.2. The molecule has 2 aromatic rings. The summed E-state index contributed by atoms with van der Waals surface area (Å²) in [5, 5.41) is 10.2. The van der Waals surface area contributed by atoms with Crippen molar-refractivity contribution in [3.63, 3.8) is 0 Å². The molecule has 3 nitrogen and oxygen atoms in total. The lowest BCUT2D eigenvalue weighted by molar-refractivity contribution is 0.0577. The Labute approximate surface area is 88.4 Å². The second-order valence-electron chi connectivity index (χ2n) is 4.27. The summed E-state index contributed by atoms with van der Waals surface area (Å²) < 4.78 is 1.98. The molecule has 3 heteroatoms. The topological polar surface area (TPSA) is 37.5 Å². The predicted octanol–water partition coefficient (Wildman–Crippen LogP) is 2.17. The van der Waals surface area contributed by atoms with Gasteiger partial charge in [0, 0.05) is 0 Å². The van der Waals surface area contributed by atoms with Gasteiger partial charge >= 0.3 is 0 Å². The summed E-state index contributed by atoms with van der Waals surface area (Å²) in [4.78, 5) is 4.10. The molecule has 1 fully saturated rings. The fraction of sp³-hybridized carbons (Fsp3) is 0.417. The zero-order chi connectivity index (χ0) is 10.3. The van der Waals surface area contributed by atoms with Gasteiger partial charge in [0.1, 0.15) is 0 Å². The molecule has 3 rings (SSSR count). The highest BCUT2D eigenvalue weighted by molar-refractivity contribution is 5.46. The molecule has 0 saturated heterocycles. The Morgan fingerprint density at radius 3 is 3.00 bits per heavy atom. The normalized spacial score (nSPS) is 19.0. The lowest BCUT2D eigenvalue weighted by atomic mass is 9.80. The van der Waals surface area contributed by atoms with E-state index in [4.69, 9.17) is 0 Å². The molecule has 78 valence electrons. The van der Waals surface area contributed by atoms with E-state index in [1.54, 1.807) is 6.33 Å². The van der Waals surface area contributed by atoms with Gasteiger partial charge in [-0.05, 0) is 30.9 Å². The number of fused-ring (bicyclic) bond motifs is 1. The smallest absolute Gasteiger partial charge is 0.0995 e. The molecule has 2 aromatic heterocycles. The van der Waals surface area contributed by atoms with Gasteiger partial charge in [-0.15, -0.1) is 0 Å². The summed E-state index contributed by atoms with van der Waals surface area (Å²) in [5.41, 5.74) is 2.01. The van der Waals surface area contributed by atoms with Crippen molar-refractivity contribution in [2.45, 2.75) is 25.4 Å². The van der Waals surface area contributed by atoms with Crippen LogP contribution in [0.15, 0.2) is 30.7 Å². The minimum atomic E-state index is -0.336. The molecule has 0 amide bonds. The zero-order valence-corrected chi connectivity index (χ0v) is 8.50. The first kappa shape index (κ1) is 8.92. The standard InChI is InChI=1S/C12H14N2O/c15-12(9-3-1-4-9)11-6-2-5-10-7-13-8-14(10)11/h2,5-9,12,15H,1,3-4H2. The quantitative estimate of drug-likeness (QED) is 0.810. The fourth-order valence-electron chi connectivity index (χ4n) is 2.21. The summed E-state index contributed by atoms with van der Waals surface area (Å²) in [6, 6.07) is 5.97. The molecule has 0 aliphatic heterocycles. The van der Waals surface area contributed by atoms with E-state index in [-0.39, 0.29) is 6.10 Å². The Balaban J connectivity index is 2.05. The summed E-state index contributed by atoms with van der Waals surface area (Å²) >= 11 is 0. The Bertz CT molecular complexity index is 473. The molecule has 0 spiro atoms. The molecule has 1 unspecified atom stereocenters. The van der Waals surface area contributed by atoms with Gasteiger partial charge in [0.05, 0.1) is 29.8 Å². The molecule has 1 aliphatic carbocycles. The van der Waals surface area contributed by atoms with E-state index in [1.165, 1.54) is 6.42 Å². The summed E-state index contributed by atoms with van der Waals surface area (Å²) in [6.07, 6.45) is 6.79. The third-order valence-corrected chi connectivity index (χ3v) is 3.38. The number of aliphatic hydroxyl groups is 1. The molecule has 1 aliphatic rings. The fourth-order valence-corrected chi connectivity index (χ4v) is 2.21. The Morgan fingerprint density at radius 2 is 2.27 bits per heavy atom. The second-order valence-corrected chi connectivity index (χ2v) is 4.27. The van der Waals surface area contributed by atoms with Crippen molar-refractivity contribution in [1.29, 1.82) is 0 Å². The first-order valence-corrected chi connectivity index (χ1v) is 5.45. The van der Waals surface area contributed by atoms with Gasteiger partial charge in [0.15, 0.2) is 0 Å². The van der Waals surface area contributed by atoms with E-state index in [1.807, 2.05) is 28.8 Å². The molecular formula is C12H14N2O. The third kappa shape index (κ3) is 1.35.